The van der Waals surface area contributed by atoms with Gasteiger partial charge in [0.25, 0.3) is 5.91 Å². The lowest BCUT2D eigenvalue weighted by molar-refractivity contribution is 0.0945. The first-order valence-corrected chi connectivity index (χ1v) is 11.0. The number of carbonyl (C=O) groups is 2. The van der Waals surface area contributed by atoms with Crippen molar-refractivity contribution >= 4 is 29.2 Å². The average Bonchev–Trinajstić information content (AvgIpc) is 3.25. The van der Waals surface area contributed by atoms with Crippen LogP contribution < -0.4 is 16.0 Å². The van der Waals surface area contributed by atoms with Crippen LogP contribution in [-0.2, 0) is 13.1 Å². The van der Waals surface area contributed by atoms with Crippen molar-refractivity contribution in [2.45, 2.75) is 20.0 Å². The molecule has 35 heavy (non-hydrogen) atoms. The highest BCUT2D eigenvalue weighted by Crippen LogP contribution is 2.20. The van der Waals surface area contributed by atoms with Crippen molar-refractivity contribution in [3.8, 4) is 5.69 Å². The monoisotopic (exact) mass is 493 g/mol. The second-order valence-corrected chi connectivity index (χ2v) is 7.99. The summed E-state index contributed by atoms with van der Waals surface area (Å²) in [5.74, 6) is -0.968. The summed E-state index contributed by atoms with van der Waals surface area (Å²) >= 11 is 5.84. The normalized spacial score (nSPS) is 10.6. The number of carbonyl (C=O) groups excluding carboxylic acids is 2. The van der Waals surface area contributed by atoms with Crippen LogP contribution in [0.1, 0.15) is 27.3 Å². The van der Waals surface area contributed by atoms with Gasteiger partial charge in [0.15, 0.2) is 5.69 Å². The molecule has 0 radical (unpaired) electrons. The Bertz CT molecular complexity index is 1360. The summed E-state index contributed by atoms with van der Waals surface area (Å²) in [7, 11) is 0. The summed E-state index contributed by atoms with van der Waals surface area (Å²) in [6, 6.07) is 14.5. The second kappa shape index (κ2) is 10.7. The zero-order chi connectivity index (χ0) is 24.8. The first kappa shape index (κ1) is 23.8. The number of benzene rings is 2. The van der Waals surface area contributed by atoms with Gasteiger partial charge in [-0.05, 0) is 60.5 Å². The van der Waals surface area contributed by atoms with Crippen molar-refractivity contribution in [3.05, 3.63) is 100 Å². The van der Waals surface area contributed by atoms with Crippen LogP contribution >= 0.6 is 11.6 Å². The van der Waals surface area contributed by atoms with Crippen LogP contribution in [0.3, 0.4) is 0 Å². The number of urea groups is 1. The molecule has 0 aliphatic carbocycles. The Hall–Kier alpha value is -4.31. The van der Waals surface area contributed by atoms with Crippen LogP contribution in [0.4, 0.5) is 14.9 Å². The zero-order valence-corrected chi connectivity index (χ0v) is 19.4. The summed E-state index contributed by atoms with van der Waals surface area (Å²) in [4.78, 5) is 28.8. The number of nitrogens with zero attached hydrogens (tertiary/aromatic N) is 4. The van der Waals surface area contributed by atoms with Gasteiger partial charge >= 0.3 is 6.03 Å². The topological polar surface area (TPSA) is 114 Å². The van der Waals surface area contributed by atoms with E-state index in [0.29, 0.717) is 23.6 Å². The largest absolute Gasteiger partial charge is 0.347 e. The number of aromatic nitrogens is 4. The lowest BCUT2D eigenvalue weighted by Gasteiger charge is -2.10. The molecule has 0 saturated carbocycles. The molecule has 0 aliphatic rings. The lowest BCUT2D eigenvalue weighted by atomic mass is 10.2. The van der Waals surface area contributed by atoms with E-state index in [1.54, 1.807) is 37.5 Å². The molecule has 11 heteroatoms. The Morgan fingerprint density at radius 1 is 1.00 bits per heavy atom. The van der Waals surface area contributed by atoms with Crippen LogP contribution in [0, 0.1) is 12.7 Å². The number of halogens is 2. The molecule has 178 valence electrons. The van der Waals surface area contributed by atoms with Gasteiger partial charge in [-0.2, -0.15) is 0 Å². The predicted molar refractivity (Wildman–Crippen MR) is 129 cm³/mol. The van der Waals surface area contributed by atoms with Crippen LogP contribution in [-0.4, -0.2) is 31.9 Å². The minimum Gasteiger partial charge on any atom is -0.347 e. The van der Waals surface area contributed by atoms with E-state index in [9.17, 15) is 14.0 Å². The Morgan fingerprint density at radius 3 is 2.54 bits per heavy atom. The van der Waals surface area contributed by atoms with E-state index in [-0.39, 0.29) is 23.3 Å². The Kier molecular flexibility index (Phi) is 7.32. The van der Waals surface area contributed by atoms with Crippen LogP contribution in [0.2, 0.25) is 5.02 Å². The minimum absolute atomic E-state index is 0.0528. The quantitative estimate of drug-likeness (QED) is 0.360. The van der Waals surface area contributed by atoms with Crippen LogP contribution in [0.25, 0.3) is 5.69 Å². The van der Waals surface area contributed by atoms with E-state index < -0.39 is 11.7 Å². The van der Waals surface area contributed by atoms with E-state index in [1.807, 2.05) is 18.2 Å². The Morgan fingerprint density at radius 2 is 1.77 bits per heavy atom. The molecular weight excluding hydrogens is 473 g/mol. The molecule has 4 aromatic rings. The van der Waals surface area contributed by atoms with E-state index in [4.69, 9.17) is 11.6 Å². The maximum Gasteiger partial charge on any atom is 0.319 e. The highest BCUT2D eigenvalue weighted by Gasteiger charge is 2.18. The summed E-state index contributed by atoms with van der Waals surface area (Å²) in [6.07, 6.45) is 3.32. The number of pyridine rings is 1. The van der Waals surface area contributed by atoms with E-state index in [2.05, 4.69) is 31.2 Å². The molecule has 0 bridgehead atoms. The maximum absolute atomic E-state index is 13.4. The number of nitrogens with one attached hydrogen (secondary N) is 3. The summed E-state index contributed by atoms with van der Waals surface area (Å²) < 4.78 is 14.9. The molecule has 3 N–H and O–H groups in total. The third-order valence-electron chi connectivity index (χ3n) is 5.10. The van der Waals surface area contributed by atoms with Crippen LogP contribution in [0.15, 0.2) is 67.0 Å². The predicted octanol–water partition coefficient (Wildman–Crippen LogP) is 4.01. The van der Waals surface area contributed by atoms with Crippen molar-refractivity contribution in [1.29, 1.82) is 0 Å². The molecule has 2 heterocycles. The van der Waals surface area contributed by atoms with E-state index >= 15 is 0 Å². The fraction of sp³-hybridized carbons (Fsp3) is 0.125. The minimum atomic E-state index is -0.547. The molecule has 9 nitrogen and oxygen atoms in total. The number of hydrogen-bond donors (Lipinski definition) is 3. The fourth-order valence-corrected chi connectivity index (χ4v) is 3.46. The van der Waals surface area contributed by atoms with Gasteiger partial charge in [0.1, 0.15) is 5.82 Å². The fourth-order valence-electron chi connectivity index (χ4n) is 3.28. The highest BCUT2D eigenvalue weighted by atomic mass is 35.5. The van der Waals surface area contributed by atoms with Gasteiger partial charge in [-0.15, -0.1) is 5.10 Å². The first-order chi connectivity index (χ1) is 16.9. The van der Waals surface area contributed by atoms with Gasteiger partial charge in [-0.25, -0.2) is 13.9 Å². The van der Waals surface area contributed by atoms with Gasteiger partial charge in [0, 0.05) is 31.2 Å². The van der Waals surface area contributed by atoms with Gasteiger partial charge in [-0.1, -0.05) is 28.9 Å². The van der Waals surface area contributed by atoms with E-state index in [0.717, 1.165) is 11.1 Å². The van der Waals surface area contributed by atoms with Crippen molar-refractivity contribution in [3.63, 3.8) is 0 Å². The van der Waals surface area contributed by atoms with Gasteiger partial charge in [0.2, 0.25) is 0 Å². The smallest absolute Gasteiger partial charge is 0.319 e. The molecule has 0 spiro atoms. The first-order valence-electron chi connectivity index (χ1n) is 10.6. The average molecular weight is 494 g/mol. The molecule has 0 saturated heterocycles. The SMILES string of the molecule is Cc1c(C(=O)NCc2cccc(NC(=O)NCc3ccncc3)c2)nnn1-c1ccc(F)c(Cl)c1. The third kappa shape index (κ3) is 5.98. The third-order valence-corrected chi connectivity index (χ3v) is 5.39. The van der Waals surface area contributed by atoms with Gasteiger partial charge < -0.3 is 16.0 Å². The highest BCUT2D eigenvalue weighted by molar-refractivity contribution is 6.30. The van der Waals surface area contributed by atoms with Crippen molar-refractivity contribution in [2.24, 2.45) is 0 Å². The van der Waals surface area contributed by atoms with Gasteiger partial charge in [-0.3, -0.25) is 9.78 Å². The summed E-state index contributed by atoms with van der Waals surface area (Å²) in [6.45, 7) is 2.26. The number of hydrogen-bond acceptors (Lipinski definition) is 5. The second-order valence-electron chi connectivity index (χ2n) is 7.58. The van der Waals surface area contributed by atoms with Gasteiger partial charge in [0.05, 0.1) is 16.4 Å². The summed E-state index contributed by atoms with van der Waals surface area (Å²) in [5, 5.41) is 16.2. The Balaban J connectivity index is 1.34. The van der Waals surface area contributed by atoms with Crippen LogP contribution in [0.5, 0.6) is 0 Å². The molecule has 2 aromatic heterocycles. The molecule has 3 amide bonds. The molecule has 0 aliphatic heterocycles. The maximum atomic E-state index is 13.4. The Labute approximate surface area is 205 Å². The number of anilines is 1. The standard InChI is InChI=1S/C24H21ClFN7O2/c1-15-22(31-32-33(15)19-5-6-21(26)20(25)12-19)23(34)28-14-17-3-2-4-18(11-17)30-24(35)29-13-16-7-9-27-10-8-16/h2-12H,13-14H2,1H3,(H,28,34)(H2,29,30,35). The lowest BCUT2D eigenvalue weighted by Crippen LogP contribution is -2.28. The van der Waals surface area contributed by atoms with Crippen molar-refractivity contribution in [1.82, 2.24) is 30.6 Å². The molecule has 2 aromatic carbocycles. The van der Waals surface area contributed by atoms with Crippen molar-refractivity contribution in [2.75, 3.05) is 5.32 Å². The van der Waals surface area contributed by atoms with E-state index in [1.165, 1.54) is 22.9 Å². The molecule has 4 rings (SSSR count). The summed E-state index contributed by atoms with van der Waals surface area (Å²) in [5.41, 5.74) is 3.39. The molecular formula is C24H21ClFN7O2. The molecule has 0 fully saturated rings. The van der Waals surface area contributed by atoms with Crippen molar-refractivity contribution < 1.29 is 14.0 Å². The number of rotatable bonds is 7. The zero-order valence-electron chi connectivity index (χ0n) is 18.6. The molecule has 0 atom stereocenters. The molecule has 0 unspecified atom stereocenters. The number of amides is 3.